The highest BCUT2D eigenvalue weighted by Gasteiger charge is 2.07. The Morgan fingerprint density at radius 3 is 2.64 bits per heavy atom. The van der Waals surface area contributed by atoms with Gasteiger partial charge in [0.05, 0.1) is 0 Å². The van der Waals surface area contributed by atoms with Crippen LogP contribution in [0.25, 0.3) is 0 Å². The molecule has 0 fully saturated rings. The minimum atomic E-state index is 0.252. The van der Waals surface area contributed by atoms with E-state index in [0.29, 0.717) is 6.42 Å². The number of hydrogen-bond donors (Lipinski definition) is 0. The fourth-order valence-electron chi connectivity index (χ4n) is 1.49. The molecule has 1 nitrogen and oxygen atoms in total. The number of carbonyl (C=O) groups excluding carboxylic acids is 1. The third kappa shape index (κ3) is 2.95. The Balaban J connectivity index is 2.80. The van der Waals surface area contributed by atoms with Gasteiger partial charge in [0.1, 0.15) is 0 Å². The number of benzene rings is 1. The first-order chi connectivity index (χ1) is 6.65. The second kappa shape index (κ2) is 5.30. The molecule has 0 aliphatic heterocycles. The molecule has 1 rings (SSSR count). The first-order valence-electron chi connectivity index (χ1n) is 4.81. The van der Waals surface area contributed by atoms with Gasteiger partial charge in [0.15, 0.2) is 5.78 Å². The maximum atomic E-state index is 11.7. The number of aryl methyl sites for hydroxylation is 2. The van der Waals surface area contributed by atoms with Crippen molar-refractivity contribution in [3.05, 3.63) is 34.9 Å². The van der Waals surface area contributed by atoms with Gasteiger partial charge in [0.2, 0.25) is 0 Å². The van der Waals surface area contributed by atoms with E-state index in [1.807, 2.05) is 26.0 Å². The molecule has 0 aliphatic rings. The lowest BCUT2D eigenvalue weighted by Crippen LogP contribution is -2.02. The van der Waals surface area contributed by atoms with Gasteiger partial charge in [0.25, 0.3) is 0 Å². The smallest absolute Gasteiger partial charge is 0.163 e. The van der Waals surface area contributed by atoms with Crippen LogP contribution < -0.4 is 0 Å². The third-order valence-corrected chi connectivity index (χ3v) is 2.78. The zero-order chi connectivity index (χ0) is 10.6. The van der Waals surface area contributed by atoms with Crippen molar-refractivity contribution < 1.29 is 4.79 Å². The van der Waals surface area contributed by atoms with E-state index >= 15 is 0 Å². The number of rotatable bonds is 4. The summed E-state index contributed by atoms with van der Waals surface area (Å²) in [6.07, 6.45) is 1.54. The van der Waals surface area contributed by atoms with Crippen LogP contribution in [0.2, 0.25) is 0 Å². The van der Waals surface area contributed by atoms with E-state index in [-0.39, 0.29) is 5.78 Å². The average molecular weight is 255 g/mol. The van der Waals surface area contributed by atoms with Gasteiger partial charge >= 0.3 is 0 Å². The summed E-state index contributed by atoms with van der Waals surface area (Å²) in [6.45, 7) is 4.04. The summed E-state index contributed by atoms with van der Waals surface area (Å²) in [5.74, 6) is 0.252. The SMILES string of the molecule is Cc1ccc(C(=O)CCCBr)c(C)c1. The molecule has 0 aromatic heterocycles. The van der Waals surface area contributed by atoms with E-state index in [0.717, 1.165) is 22.9 Å². The van der Waals surface area contributed by atoms with Gasteiger partial charge in [-0.2, -0.15) is 0 Å². The van der Waals surface area contributed by atoms with Crippen LogP contribution in [0.5, 0.6) is 0 Å². The van der Waals surface area contributed by atoms with Crippen molar-refractivity contribution in [3.63, 3.8) is 0 Å². The predicted molar refractivity (Wildman–Crippen MR) is 63.3 cm³/mol. The van der Waals surface area contributed by atoms with Gasteiger partial charge in [-0.05, 0) is 25.8 Å². The minimum absolute atomic E-state index is 0.252. The molecule has 1 aromatic carbocycles. The van der Waals surface area contributed by atoms with Crippen molar-refractivity contribution in [2.45, 2.75) is 26.7 Å². The van der Waals surface area contributed by atoms with Crippen molar-refractivity contribution in [1.29, 1.82) is 0 Å². The van der Waals surface area contributed by atoms with Crippen LogP contribution in [0.4, 0.5) is 0 Å². The molecule has 0 bridgehead atoms. The van der Waals surface area contributed by atoms with Crippen molar-refractivity contribution in [2.24, 2.45) is 0 Å². The Morgan fingerprint density at radius 2 is 2.07 bits per heavy atom. The van der Waals surface area contributed by atoms with Gasteiger partial charge < -0.3 is 0 Å². The molecular formula is C12H15BrO. The van der Waals surface area contributed by atoms with E-state index in [1.165, 1.54) is 5.56 Å². The van der Waals surface area contributed by atoms with Crippen molar-refractivity contribution in [2.75, 3.05) is 5.33 Å². The lowest BCUT2D eigenvalue weighted by Gasteiger charge is -2.04. The first-order valence-corrected chi connectivity index (χ1v) is 5.93. The summed E-state index contributed by atoms with van der Waals surface area (Å²) in [5, 5.41) is 0.893. The highest BCUT2D eigenvalue weighted by molar-refractivity contribution is 9.09. The highest BCUT2D eigenvalue weighted by atomic mass is 79.9. The van der Waals surface area contributed by atoms with Gasteiger partial charge in [-0.1, -0.05) is 39.7 Å². The number of Topliss-reactive ketones (excluding diaryl/α,β-unsaturated/α-hetero) is 1. The highest BCUT2D eigenvalue weighted by Crippen LogP contribution is 2.13. The van der Waals surface area contributed by atoms with E-state index in [2.05, 4.69) is 22.0 Å². The van der Waals surface area contributed by atoms with Gasteiger partial charge in [0, 0.05) is 17.3 Å². The van der Waals surface area contributed by atoms with Crippen LogP contribution in [-0.4, -0.2) is 11.1 Å². The molecule has 0 aliphatic carbocycles. The molecule has 0 radical (unpaired) electrons. The molecule has 1 aromatic rings. The van der Waals surface area contributed by atoms with Crippen molar-refractivity contribution in [3.8, 4) is 0 Å². The van der Waals surface area contributed by atoms with Crippen LogP contribution in [0.15, 0.2) is 18.2 Å². The third-order valence-electron chi connectivity index (χ3n) is 2.22. The van der Waals surface area contributed by atoms with Crippen LogP contribution in [0.3, 0.4) is 0 Å². The number of ketones is 1. The lowest BCUT2D eigenvalue weighted by atomic mass is 10.00. The Hall–Kier alpha value is -0.630. The summed E-state index contributed by atoms with van der Waals surface area (Å²) in [5.41, 5.74) is 3.17. The number of hydrogen-bond acceptors (Lipinski definition) is 1. The zero-order valence-electron chi connectivity index (χ0n) is 8.64. The van der Waals surface area contributed by atoms with E-state index in [1.54, 1.807) is 0 Å². The molecule has 0 spiro atoms. The standard InChI is InChI=1S/C12H15BrO/c1-9-5-6-11(10(2)8-9)12(14)4-3-7-13/h5-6,8H,3-4,7H2,1-2H3. The van der Waals surface area contributed by atoms with Crippen LogP contribution in [-0.2, 0) is 0 Å². The minimum Gasteiger partial charge on any atom is -0.294 e. The molecule has 2 heteroatoms. The zero-order valence-corrected chi connectivity index (χ0v) is 10.2. The maximum Gasteiger partial charge on any atom is 0.163 e. The van der Waals surface area contributed by atoms with E-state index in [9.17, 15) is 4.79 Å². The molecule has 0 amide bonds. The number of halogens is 1. The molecule has 0 heterocycles. The molecule has 0 saturated heterocycles. The average Bonchev–Trinajstić information content (AvgIpc) is 2.14. The van der Waals surface area contributed by atoms with Crippen molar-refractivity contribution >= 4 is 21.7 Å². The van der Waals surface area contributed by atoms with Gasteiger partial charge in [-0.25, -0.2) is 0 Å². The molecule has 76 valence electrons. The van der Waals surface area contributed by atoms with Gasteiger partial charge in [-0.15, -0.1) is 0 Å². The quantitative estimate of drug-likeness (QED) is 0.592. The van der Waals surface area contributed by atoms with E-state index in [4.69, 9.17) is 0 Å². The molecule has 0 saturated carbocycles. The molecule has 0 unspecified atom stereocenters. The number of carbonyl (C=O) groups is 1. The second-order valence-corrected chi connectivity index (χ2v) is 4.33. The summed E-state index contributed by atoms with van der Waals surface area (Å²) < 4.78 is 0. The Kier molecular flexibility index (Phi) is 4.33. The van der Waals surface area contributed by atoms with E-state index < -0.39 is 0 Å². The Bertz CT molecular complexity index is 331. The van der Waals surface area contributed by atoms with Crippen LogP contribution in [0.1, 0.15) is 34.3 Å². The fourth-order valence-corrected chi connectivity index (χ4v) is 1.77. The molecular weight excluding hydrogens is 240 g/mol. The summed E-state index contributed by atoms with van der Waals surface area (Å²) >= 11 is 3.33. The summed E-state index contributed by atoms with van der Waals surface area (Å²) in [7, 11) is 0. The Morgan fingerprint density at radius 1 is 1.36 bits per heavy atom. The second-order valence-electron chi connectivity index (χ2n) is 3.53. The lowest BCUT2D eigenvalue weighted by molar-refractivity contribution is 0.0981. The number of alkyl halides is 1. The molecule has 0 N–H and O–H groups in total. The monoisotopic (exact) mass is 254 g/mol. The summed E-state index contributed by atoms with van der Waals surface area (Å²) in [4.78, 5) is 11.7. The van der Waals surface area contributed by atoms with Crippen LogP contribution >= 0.6 is 15.9 Å². The van der Waals surface area contributed by atoms with Crippen molar-refractivity contribution in [1.82, 2.24) is 0 Å². The topological polar surface area (TPSA) is 17.1 Å². The van der Waals surface area contributed by atoms with Crippen LogP contribution in [0, 0.1) is 13.8 Å². The Labute approximate surface area is 93.7 Å². The molecule has 14 heavy (non-hydrogen) atoms. The normalized spacial score (nSPS) is 10.2. The maximum absolute atomic E-state index is 11.7. The van der Waals surface area contributed by atoms with Gasteiger partial charge in [-0.3, -0.25) is 4.79 Å². The molecule has 0 atom stereocenters. The fraction of sp³-hybridized carbons (Fsp3) is 0.417. The predicted octanol–water partition coefficient (Wildman–Crippen LogP) is 3.66. The summed E-state index contributed by atoms with van der Waals surface area (Å²) in [6, 6.07) is 5.98. The largest absolute Gasteiger partial charge is 0.294 e. The first kappa shape index (κ1) is 11.4.